The van der Waals surface area contributed by atoms with Gasteiger partial charge in [-0.25, -0.2) is 0 Å². The van der Waals surface area contributed by atoms with Gasteiger partial charge in [-0.3, -0.25) is 0 Å². The second-order valence-electron chi connectivity index (χ2n) is 7.93. The normalized spacial score (nSPS) is 28.4. The Labute approximate surface area is 137 Å². The molecule has 122 valence electrons. The lowest BCUT2D eigenvalue weighted by Crippen LogP contribution is -2.16. The average Bonchev–Trinajstić information content (AvgIpc) is 2.56. The van der Waals surface area contributed by atoms with Gasteiger partial charge in [-0.15, -0.1) is 0 Å². The fourth-order valence-corrected chi connectivity index (χ4v) is 4.95. The van der Waals surface area contributed by atoms with Gasteiger partial charge in [0.2, 0.25) is 0 Å². The van der Waals surface area contributed by atoms with Crippen LogP contribution >= 0.6 is 0 Å². The molecule has 0 radical (unpaired) electrons. The van der Waals surface area contributed by atoms with Gasteiger partial charge in [0, 0.05) is 0 Å². The Hall–Kier alpha value is -0.780. The van der Waals surface area contributed by atoms with Gasteiger partial charge < -0.3 is 0 Å². The van der Waals surface area contributed by atoms with E-state index in [0.29, 0.717) is 0 Å². The molecule has 1 saturated carbocycles. The summed E-state index contributed by atoms with van der Waals surface area (Å²) in [6.07, 6.45) is 15.5. The zero-order valence-electron chi connectivity index (χ0n) is 14.7. The maximum absolute atomic E-state index is 2.59. The van der Waals surface area contributed by atoms with Crippen LogP contribution in [0.25, 0.3) is 0 Å². The maximum Gasteiger partial charge on any atom is -0.0162 e. The average molecular weight is 299 g/mol. The van der Waals surface area contributed by atoms with Gasteiger partial charge in [0.15, 0.2) is 0 Å². The SMILES string of the molecule is CCCC1CCC(c2ccc3c(c2)CCC(CCC)C3)CC1. The van der Waals surface area contributed by atoms with Crippen LogP contribution in [0, 0.1) is 11.8 Å². The predicted octanol–water partition coefficient (Wildman–Crippen LogP) is 6.67. The standard InChI is InChI=1S/C22H34/c1-3-5-17-7-10-19(11-8-17)21-14-13-20-15-18(6-4-2)9-12-22(20)16-21/h13-14,16-19H,3-12,15H2,1-2H3. The third-order valence-corrected chi connectivity index (χ3v) is 6.27. The summed E-state index contributed by atoms with van der Waals surface area (Å²) in [5.74, 6) is 2.83. The quantitative estimate of drug-likeness (QED) is 0.569. The molecule has 0 aromatic heterocycles. The number of benzene rings is 1. The first kappa shape index (κ1) is 16.1. The highest BCUT2D eigenvalue weighted by atomic mass is 14.3. The number of hydrogen-bond acceptors (Lipinski definition) is 0. The lowest BCUT2D eigenvalue weighted by atomic mass is 9.75. The van der Waals surface area contributed by atoms with E-state index in [9.17, 15) is 0 Å². The van der Waals surface area contributed by atoms with E-state index in [1.165, 1.54) is 70.6 Å². The van der Waals surface area contributed by atoms with Gasteiger partial charge in [-0.1, -0.05) is 57.7 Å². The van der Waals surface area contributed by atoms with Crippen molar-refractivity contribution in [2.24, 2.45) is 11.8 Å². The molecule has 2 aliphatic carbocycles. The highest BCUT2D eigenvalue weighted by Gasteiger charge is 2.24. The third-order valence-electron chi connectivity index (χ3n) is 6.27. The van der Waals surface area contributed by atoms with Crippen molar-refractivity contribution in [3.63, 3.8) is 0 Å². The third kappa shape index (κ3) is 3.76. The van der Waals surface area contributed by atoms with Crippen LogP contribution in [-0.2, 0) is 12.8 Å². The number of aryl methyl sites for hydroxylation is 1. The van der Waals surface area contributed by atoms with Gasteiger partial charge in [0.1, 0.15) is 0 Å². The number of fused-ring (bicyclic) bond motifs is 1. The predicted molar refractivity (Wildman–Crippen MR) is 96.5 cm³/mol. The van der Waals surface area contributed by atoms with Crippen LogP contribution in [-0.4, -0.2) is 0 Å². The van der Waals surface area contributed by atoms with E-state index in [1.54, 1.807) is 16.7 Å². The molecule has 0 amide bonds. The molecule has 22 heavy (non-hydrogen) atoms. The van der Waals surface area contributed by atoms with Crippen molar-refractivity contribution >= 4 is 0 Å². The first-order valence-electron chi connectivity index (χ1n) is 9.91. The summed E-state index contributed by atoms with van der Waals surface area (Å²) in [7, 11) is 0. The zero-order valence-corrected chi connectivity index (χ0v) is 14.7. The Bertz CT molecular complexity index is 465. The smallest absolute Gasteiger partial charge is 0.0162 e. The monoisotopic (exact) mass is 298 g/mol. The zero-order chi connectivity index (χ0) is 15.4. The lowest BCUT2D eigenvalue weighted by molar-refractivity contribution is 0.308. The molecule has 0 bridgehead atoms. The van der Waals surface area contributed by atoms with E-state index < -0.39 is 0 Å². The lowest BCUT2D eigenvalue weighted by Gasteiger charge is -2.30. The van der Waals surface area contributed by atoms with Crippen LogP contribution in [0.3, 0.4) is 0 Å². The minimum absolute atomic E-state index is 0.853. The Morgan fingerprint density at radius 1 is 0.818 bits per heavy atom. The van der Waals surface area contributed by atoms with Crippen LogP contribution in [0.5, 0.6) is 0 Å². The van der Waals surface area contributed by atoms with Gasteiger partial charge in [-0.05, 0) is 79.4 Å². The van der Waals surface area contributed by atoms with Crippen LogP contribution in [0.1, 0.15) is 94.2 Å². The molecule has 0 heterocycles. The second kappa shape index (κ2) is 7.66. The van der Waals surface area contributed by atoms with Crippen molar-refractivity contribution in [2.45, 2.75) is 90.4 Å². The molecule has 1 unspecified atom stereocenters. The summed E-state index contributed by atoms with van der Waals surface area (Å²) >= 11 is 0. The van der Waals surface area contributed by atoms with Crippen LogP contribution in [0.15, 0.2) is 18.2 Å². The molecule has 1 aromatic carbocycles. The van der Waals surface area contributed by atoms with E-state index in [-0.39, 0.29) is 0 Å². The molecular weight excluding hydrogens is 264 g/mol. The Kier molecular flexibility index (Phi) is 5.61. The molecular formula is C22H34. The highest BCUT2D eigenvalue weighted by molar-refractivity contribution is 5.36. The van der Waals surface area contributed by atoms with Gasteiger partial charge >= 0.3 is 0 Å². The summed E-state index contributed by atoms with van der Waals surface area (Å²) in [6, 6.07) is 7.53. The Morgan fingerprint density at radius 2 is 1.55 bits per heavy atom. The minimum atomic E-state index is 0.853. The topological polar surface area (TPSA) is 0 Å². The van der Waals surface area contributed by atoms with Crippen molar-refractivity contribution in [1.29, 1.82) is 0 Å². The van der Waals surface area contributed by atoms with Crippen molar-refractivity contribution < 1.29 is 0 Å². The fourth-order valence-electron chi connectivity index (χ4n) is 4.95. The molecule has 1 aromatic rings. The summed E-state index contributed by atoms with van der Waals surface area (Å²) in [6.45, 7) is 4.66. The summed E-state index contributed by atoms with van der Waals surface area (Å²) in [5, 5.41) is 0. The molecule has 0 nitrogen and oxygen atoms in total. The minimum Gasteiger partial charge on any atom is -0.0654 e. The molecule has 2 aliphatic rings. The van der Waals surface area contributed by atoms with Gasteiger partial charge in [-0.2, -0.15) is 0 Å². The molecule has 0 N–H and O–H groups in total. The van der Waals surface area contributed by atoms with Gasteiger partial charge in [0.25, 0.3) is 0 Å². The Morgan fingerprint density at radius 3 is 2.27 bits per heavy atom. The first-order valence-corrected chi connectivity index (χ1v) is 9.91. The molecule has 3 rings (SSSR count). The van der Waals surface area contributed by atoms with E-state index in [4.69, 9.17) is 0 Å². The molecule has 0 saturated heterocycles. The van der Waals surface area contributed by atoms with Crippen molar-refractivity contribution in [2.75, 3.05) is 0 Å². The largest absolute Gasteiger partial charge is 0.0654 e. The first-order chi connectivity index (χ1) is 10.8. The van der Waals surface area contributed by atoms with Crippen molar-refractivity contribution in [1.82, 2.24) is 0 Å². The fraction of sp³-hybridized carbons (Fsp3) is 0.727. The molecule has 0 spiro atoms. The molecule has 1 atom stereocenters. The van der Waals surface area contributed by atoms with E-state index in [1.807, 2.05) is 0 Å². The highest BCUT2D eigenvalue weighted by Crippen LogP contribution is 2.39. The van der Waals surface area contributed by atoms with Crippen LogP contribution < -0.4 is 0 Å². The number of hydrogen-bond donors (Lipinski definition) is 0. The maximum atomic E-state index is 2.59. The molecule has 1 fully saturated rings. The number of rotatable bonds is 5. The van der Waals surface area contributed by atoms with Gasteiger partial charge in [0.05, 0.1) is 0 Å². The summed E-state index contributed by atoms with van der Waals surface area (Å²) in [4.78, 5) is 0. The summed E-state index contributed by atoms with van der Waals surface area (Å²) in [5.41, 5.74) is 5.00. The van der Waals surface area contributed by atoms with Crippen molar-refractivity contribution in [3.8, 4) is 0 Å². The summed E-state index contributed by atoms with van der Waals surface area (Å²) < 4.78 is 0. The van der Waals surface area contributed by atoms with E-state index in [2.05, 4.69) is 32.0 Å². The molecule has 0 heteroatoms. The van der Waals surface area contributed by atoms with Crippen molar-refractivity contribution in [3.05, 3.63) is 34.9 Å². The van der Waals surface area contributed by atoms with E-state index >= 15 is 0 Å². The van der Waals surface area contributed by atoms with Crippen LogP contribution in [0.4, 0.5) is 0 Å². The second-order valence-corrected chi connectivity index (χ2v) is 7.93. The molecule has 0 aliphatic heterocycles. The Balaban J connectivity index is 1.62. The van der Waals surface area contributed by atoms with Crippen LogP contribution in [0.2, 0.25) is 0 Å². The van der Waals surface area contributed by atoms with E-state index in [0.717, 1.165) is 17.8 Å².